The van der Waals surface area contributed by atoms with Gasteiger partial charge in [-0.1, -0.05) is 41.6 Å². The average molecular weight is 326 g/mol. The summed E-state index contributed by atoms with van der Waals surface area (Å²) in [5, 5.41) is 11.8. The molecule has 8 heteroatoms. The van der Waals surface area contributed by atoms with Crippen LogP contribution in [-0.4, -0.2) is 26.5 Å². The Hall–Kier alpha value is -1.73. The van der Waals surface area contributed by atoms with Gasteiger partial charge in [-0.05, 0) is 25.5 Å². The Balaban J connectivity index is 1.90. The smallest absolute Gasteiger partial charge is 0.230 e. The molecule has 0 aliphatic rings. The number of nitrogen functional groups attached to an aromatic ring is 1. The van der Waals surface area contributed by atoms with Gasteiger partial charge in [-0.15, -0.1) is 10.2 Å². The largest absolute Gasteiger partial charge is 0.349 e. The van der Waals surface area contributed by atoms with Crippen molar-refractivity contribution in [1.82, 2.24) is 20.2 Å². The Bertz CT molecular complexity index is 645. The van der Waals surface area contributed by atoms with Crippen LogP contribution in [0, 0.1) is 6.92 Å². The van der Waals surface area contributed by atoms with Crippen molar-refractivity contribution in [2.45, 2.75) is 25.0 Å². The van der Waals surface area contributed by atoms with E-state index in [4.69, 9.17) is 17.4 Å². The van der Waals surface area contributed by atoms with Crippen LogP contribution >= 0.6 is 23.4 Å². The van der Waals surface area contributed by atoms with Crippen molar-refractivity contribution in [1.29, 1.82) is 0 Å². The molecule has 21 heavy (non-hydrogen) atoms. The van der Waals surface area contributed by atoms with Crippen LogP contribution in [0.3, 0.4) is 0 Å². The number of halogens is 1. The zero-order valence-corrected chi connectivity index (χ0v) is 13.3. The molecular weight excluding hydrogens is 310 g/mol. The number of nitrogens with one attached hydrogen (secondary N) is 1. The van der Waals surface area contributed by atoms with E-state index in [-0.39, 0.29) is 17.7 Å². The van der Waals surface area contributed by atoms with E-state index in [2.05, 4.69) is 15.5 Å². The van der Waals surface area contributed by atoms with Crippen LogP contribution in [0.1, 0.15) is 24.4 Å². The first kappa shape index (κ1) is 15.7. The summed E-state index contributed by atoms with van der Waals surface area (Å²) in [6.45, 7) is 3.63. The van der Waals surface area contributed by atoms with E-state index in [0.29, 0.717) is 16.0 Å². The van der Waals surface area contributed by atoms with E-state index < -0.39 is 0 Å². The van der Waals surface area contributed by atoms with Gasteiger partial charge in [-0.3, -0.25) is 4.79 Å². The maximum atomic E-state index is 12.0. The number of nitrogens with zero attached hydrogens (tertiary/aromatic N) is 3. The number of benzene rings is 1. The number of thioether (sulfide) groups is 1. The van der Waals surface area contributed by atoms with Crippen molar-refractivity contribution in [3.8, 4) is 0 Å². The normalized spacial score (nSPS) is 12.1. The first-order chi connectivity index (χ1) is 9.99. The van der Waals surface area contributed by atoms with Gasteiger partial charge >= 0.3 is 0 Å². The molecule has 0 radical (unpaired) electrons. The van der Waals surface area contributed by atoms with Gasteiger partial charge in [-0.25, -0.2) is 4.68 Å². The topological polar surface area (TPSA) is 85.8 Å². The van der Waals surface area contributed by atoms with Gasteiger partial charge in [-0.2, -0.15) is 0 Å². The van der Waals surface area contributed by atoms with Crippen LogP contribution in [0.25, 0.3) is 0 Å². The monoisotopic (exact) mass is 325 g/mol. The van der Waals surface area contributed by atoms with Gasteiger partial charge in [0.15, 0.2) is 0 Å². The molecule has 3 N–H and O–H groups in total. The lowest BCUT2D eigenvalue weighted by atomic mass is 10.1. The van der Waals surface area contributed by atoms with Crippen LogP contribution in [0.5, 0.6) is 0 Å². The van der Waals surface area contributed by atoms with Crippen molar-refractivity contribution in [3.63, 3.8) is 0 Å². The molecular formula is C13H16ClN5OS. The maximum Gasteiger partial charge on any atom is 0.230 e. The highest BCUT2D eigenvalue weighted by Gasteiger charge is 2.14. The van der Waals surface area contributed by atoms with Crippen LogP contribution < -0.4 is 11.2 Å². The summed E-state index contributed by atoms with van der Waals surface area (Å²) in [4.78, 5) is 12.0. The first-order valence-electron chi connectivity index (χ1n) is 6.32. The second-order valence-electron chi connectivity index (χ2n) is 4.50. The molecule has 2 rings (SSSR count). The first-order valence-corrected chi connectivity index (χ1v) is 7.69. The minimum atomic E-state index is -0.163. The second kappa shape index (κ2) is 6.82. The number of aromatic nitrogens is 3. The van der Waals surface area contributed by atoms with Gasteiger partial charge in [0.2, 0.25) is 11.1 Å². The fraction of sp³-hybridized carbons (Fsp3) is 0.308. The van der Waals surface area contributed by atoms with E-state index in [0.717, 1.165) is 5.56 Å². The fourth-order valence-corrected chi connectivity index (χ4v) is 2.78. The van der Waals surface area contributed by atoms with Crippen molar-refractivity contribution < 1.29 is 4.79 Å². The molecule has 1 atom stereocenters. The van der Waals surface area contributed by atoms with E-state index in [1.807, 2.05) is 25.1 Å². The molecule has 1 heterocycles. The molecule has 0 fully saturated rings. The SMILES string of the molecule is Cc1nnc(SCC(=O)N[C@H](C)c2ccccc2Cl)n1N. The molecule has 0 saturated heterocycles. The molecule has 0 bridgehead atoms. The molecule has 2 aromatic rings. The number of carbonyl (C=O) groups excluding carboxylic acids is 1. The van der Waals surface area contributed by atoms with Gasteiger partial charge in [0.05, 0.1) is 11.8 Å². The lowest BCUT2D eigenvalue weighted by Gasteiger charge is -2.15. The third kappa shape index (κ3) is 3.89. The van der Waals surface area contributed by atoms with E-state index in [9.17, 15) is 4.79 Å². The Morgan fingerprint density at radius 3 is 2.81 bits per heavy atom. The number of aryl methyl sites for hydroxylation is 1. The molecule has 1 aromatic heterocycles. The summed E-state index contributed by atoms with van der Waals surface area (Å²) in [5.41, 5.74) is 0.885. The summed E-state index contributed by atoms with van der Waals surface area (Å²) in [6, 6.07) is 7.27. The zero-order chi connectivity index (χ0) is 15.4. The van der Waals surface area contributed by atoms with Crippen LogP contribution in [0.15, 0.2) is 29.4 Å². The molecule has 0 spiro atoms. The highest BCUT2D eigenvalue weighted by atomic mass is 35.5. The predicted molar refractivity (Wildman–Crippen MR) is 83.6 cm³/mol. The summed E-state index contributed by atoms with van der Waals surface area (Å²) >= 11 is 7.34. The molecule has 1 amide bonds. The summed E-state index contributed by atoms with van der Waals surface area (Å²) in [7, 11) is 0. The minimum absolute atomic E-state index is 0.118. The molecule has 6 nitrogen and oxygen atoms in total. The quantitative estimate of drug-likeness (QED) is 0.648. The number of hydrogen-bond acceptors (Lipinski definition) is 5. The molecule has 0 unspecified atom stereocenters. The molecule has 0 aliphatic carbocycles. The highest BCUT2D eigenvalue weighted by molar-refractivity contribution is 7.99. The van der Waals surface area contributed by atoms with Crippen molar-refractivity contribution in [2.75, 3.05) is 11.6 Å². The Morgan fingerprint density at radius 1 is 1.48 bits per heavy atom. The van der Waals surface area contributed by atoms with Gasteiger partial charge in [0.1, 0.15) is 5.82 Å². The highest BCUT2D eigenvalue weighted by Crippen LogP contribution is 2.22. The lowest BCUT2D eigenvalue weighted by Crippen LogP contribution is -2.28. The van der Waals surface area contributed by atoms with Crippen molar-refractivity contribution >= 4 is 29.3 Å². The summed E-state index contributed by atoms with van der Waals surface area (Å²) in [6.07, 6.45) is 0. The zero-order valence-electron chi connectivity index (χ0n) is 11.7. The average Bonchev–Trinajstić information content (AvgIpc) is 2.77. The fourth-order valence-electron chi connectivity index (χ4n) is 1.77. The number of amides is 1. The maximum absolute atomic E-state index is 12.0. The van der Waals surface area contributed by atoms with Crippen LogP contribution in [0.4, 0.5) is 0 Å². The Labute approximate surface area is 132 Å². The number of rotatable bonds is 5. The van der Waals surface area contributed by atoms with Crippen LogP contribution in [-0.2, 0) is 4.79 Å². The Morgan fingerprint density at radius 2 is 2.19 bits per heavy atom. The third-order valence-corrected chi connectivity index (χ3v) is 4.20. The number of hydrogen-bond donors (Lipinski definition) is 2. The third-order valence-electron chi connectivity index (χ3n) is 2.92. The lowest BCUT2D eigenvalue weighted by molar-refractivity contribution is -0.119. The van der Waals surface area contributed by atoms with E-state index in [1.54, 1.807) is 13.0 Å². The van der Waals surface area contributed by atoms with E-state index >= 15 is 0 Å². The molecule has 112 valence electrons. The van der Waals surface area contributed by atoms with Gasteiger partial charge in [0.25, 0.3) is 0 Å². The number of nitrogens with two attached hydrogens (primary N) is 1. The molecule has 1 aromatic carbocycles. The summed E-state index contributed by atoms with van der Waals surface area (Å²) in [5.74, 6) is 6.42. The second-order valence-corrected chi connectivity index (χ2v) is 5.85. The predicted octanol–water partition coefficient (Wildman–Crippen LogP) is 1.92. The molecule has 0 aliphatic heterocycles. The van der Waals surface area contributed by atoms with Gasteiger partial charge < -0.3 is 11.2 Å². The van der Waals surface area contributed by atoms with Crippen molar-refractivity contribution in [3.05, 3.63) is 40.7 Å². The van der Waals surface area contributed by atoms with E-state index in [1.165, 1.54) is 16.4 Å². The standard InChI is InChI=1S/C13H16ClN5OS/c1-8(10-5-3-4-6-11(10)14)16-12(20)7-21-13-18-17-9(2)19(13)15/h3-6,8H,7,15H2,1-2H3,(H,16,20)/t8-/m1/s1. The van der Waals surface area contributed by atoms with Crippen molar-refractivity contribution in [2.24, 2.45) is 0 Å². The Kier molecular flexibility index (Phi) is 5.08. The van der Waals surface area contributed by atoms with Crippen LogP contribution in [0.2, 0.25) is 5.02 Å². The van der Waals surface area contributed by atoms with Gasteiger partial charge in [0, 0.05) is 5.02 Å². The minimum Gasteiger partial charge on any atom is -0.349 e. The molecule has 0 saturated carbocycles. The summed E-state index contributed by atoms with van der Waals surface area (Å²) < 4.78 is 1.36. The number of carbonyl (C=O) groups is 1.